The molecule has 2 aliphatic heterocycles. The minimum Gasteiger partial charge on any atom is -0.352 e. The summed E-state index contributed by atoms with van der Waals surface area (Å²) in [4.78, 5) is 7.43. The van der Waals surface area contributed by atoms with Gasteiger partial charge in [-0.1, -0.05) is 18.2 Å². The van der Waals surface area contributed by atoms with Crippen molar-refractivity contribution in [2.24, 2.45) is 0 Å². The number of hydrogen-bond acceptors (Lipinski definition) is 3. The van der Waals surface area contributed by atoms with E-state index >= 15 is 0 Å². The van der Waals surface area contributed by atoms with Crippen LogP contribution in [-0.2, 0) is 6.42 Å². The van der Waals surface area contributed by atoms with E-state index in [2.05, 4.69) is 40.5 Å². The summed E-state index contributed by atoms with van der Waals surface area (Å²) >= 11 is 0. The summed E-state index contributed by atoms with van der Waals surface area (Å²) in [5.41, 5.74) is 2.54. The Morgan fingerprint density at radius 3 is 3.11 bits per heavy atom. The predicted octanol–water partition coefficient (Wildman–Crippen LogP) is 2.35. The molecule has 0 saturated carbocycles. The lowest BCUT2D eigenvalue weighted by Crippen LogP contribution is -2.45. The van der Waals surface area contributed by atoms with E-state index in [1.807, 2.05) is 0 Å². The van der Waals surface area contributed by atoms with Gasteiger partial charge in [-0.3, -0.25) is 0 Å². The molecule has 2 aromatic rings. The summed E-state index contributed by atoms with van der Waals surface area (Å²) in [5.74, 6) is 1.23. The average Bonchev–Trinajstić information content (AvgIpc) is 2.88. The third kappa shape index (κ3) is 1.89. The van der Waals surface area contributed by atoms with Gasteiger partial charge in [0.15, 0.2) is 0 Å². The molecule has 1 fully saturated rings. The Morgan fingerprint density at radius 1 is 1.26 bits per heavy atom. The van der Waals surface area contributed by atoms with Crippen LogP contribution in [0.3, 0.4) is 0 Å². The molecule has 1 aromatic heterocycles. The van der Waals surface area contributed by atoms with Crippen molar-refractivity contribution in [3.63, 3.8) is 0 Å². The van der Waals surface area contributed by atoms with Crippen molar-refractivity contribution in [2.45, 2.75) is 25.3 Å². The number of nitrogens with zero attached hydrogens (tertiary/aromatic N) is 2. The molecule has 19 heavy (non-hydrogen) atoms. The lowest BCUT2D eigenvalue weighted by atomic mass is 10.1. The van der Waals surface area contributed by atoms with Crippen molar-refractivity contribution < 1.29 is 0 Å². The SMILES string of the molecule is c1ccc2nc3c(cc2c1)CCN3C1CCCNC1. The maximum Gasteiger partial charge on any atom is 0.132 e. The topological polar surface area (TPSA) is 28.2 Å². The normalized spacial score (nSPS) is 22.7. The van der Waals surface area contributed by atoms with Gasteiger partial charge in [0.25, 0.3) is 0 Å². The zero-order chi connectivity index (χ0) is 12.7. The fourth-order valence-electron chi connectivity index (χ4n) is 3.38. The number of aromatic nitrogens is 1. The highest BCUT2D eigenvalue weighted by Crippen LogP contribution is 2.31. The molecule has 0 aliphatic carbocycles. The van der Waals surface area contributed by atoms with E-state index in [9.17, 15) is 0 Å². The molecule has 0 amide bonds. The van der Waals surface area contributed by atoms with Crippen LogP contribution in [0.4, 0.5) is 5.82 Å². The van der Waals surface area contributed by atoms with Crippen molar-refractivity contribution in [1.29, 1.82) is 0 Å². The quantitative estimate of drug-likeness (QED) is 0.845. The number of anilines is 1. The summed E-state index contributed by atoms with van der Waals surface area (Å²) in [6.07, 6.45) is 3.72. The molecule has 1 unspecified atom stereocenters. The fraction of sp³-hybridized carbons (Fsp3) is 0.438. The first-order valence-electron chi connectivity index (χ1n) is 7.28. The Kier molecular flexibility index (Phi) is 2.66. The highest BCUT2D eigenvalue weighted by atomic mass is 15.2. The molecule has 1 aromatic carbocycles. The van der Waals surface area contributed by atoms with Crippen LogP contribution in [0.25, 0.3) is 10.9 Å². The average molecular weight is 253 g/mol. The number of fused-ring (bicyclic) bond motifs is 2. The van der Waals surface area contributed by atoms with Crippen molar-refractivity contribution in [1.82, 2.24) is 10.3 Å². The molecular formula is C16H19N3. The third-order valence-corrected chi connectivity index (χ3v) is 4.39. The molecule has 0 bridgehead atoms. The van der Waals surface area contributed by atoms with Gasteiger partial charge in [0, 0.05) is 24.5 Å². The zero-order valence-corrected chi connectivity index (χ0v) is 11.1. The summed E-state index contributed by atoms with van der Waals surface area (Å²) < 4.78 is 0. The third-order valence-electron chi connectivity index (χ3n) is 4.39. The lowest BCUT2D eigenvalue weighted by molar-refractivity contribution is 0.436. The maximum atomic E-state index is 4.91. The first-order chi connectivity index (χ1) is 9.42. The second kappa shape index (κ2) is 4.49. The van der Waals surface area contributed by atoms with Gasteiger partial charge in [-0.25, -0.2) is 4.98 Å². The number of hydrogen-bond donors (Lipinski definition) is 1. The molecule has 3 nitrogen and oxygen atoms in total. The zero-order valence-electron chi connectivity index (χ0n) is 11.1. The van der Waals surface area contributed by atoms with Crippen molar-refractivity contribution in [2.75, 3.05) is 24.5 Å². The Bertz CT molecular complexity index is 602. The van der Waals surface area contributed by atoms with E-state index in [0.717, 1.165) is 25.0 Å². The molecule has 0 radical (unpaired) electrons. The highest BCUT2D eigenvalue weighted by molar-refractivity contribution is 5.82. The Labute approximate surface area is 113 Å². The first kappa shape index (κ1) is 11.2. The highest BCUT2D eigenvalue weighted by Gasteiger charge is 2.28. The molecule has 1 saturated heterocycles. The van der Waals surface area contributed by atoms with Gasteiger partial charge in [-0.05, 0) is 43.5 Å². The van der Waals surface area contributed by atoms with Crippen molar-refractivity contribution >= 4 is 16.7 Å². The van der Waals surface area contributed by atoms with E-state index < -0.39 is 0 Å². The van der Waals surface area contributed by atoms with Gasteiger partial charge in [0.1, 0.15) is 5.82 Å². The second-order valence-electron chi connectivity index (χ2n) is 5.61. The summed E-state index contributed by atoms with van der Waals surface area (Å²) in [7, 11) is 0. The molecule has 4 rings (SSSR count). The molecular weight excluding hydrogens is 234 g/mol. The smallest absolute Gasteiger partial charge is 0.132 e. The van der Waals surface area contributed by atoms with Crippen LogP contribution in [0.2, 0.25) is 0 Å². The second-order valence-corrected chi connectivity index (χ2v) is 5.61. The van der Waals surface area contributed by atoms with E-state index in [1.165, 1.54) is 36.2 Å². The minimum atomic E-state index is 0.628. The van der Waals surface area contributed by atoms with Gasteiger partial charge in [0.2, 0.25) is 0 Å². The summed E-state index contributed by atoms with van der Waals surface area (Å²) in [5, 5.41) is 4.78. The number of nitrogens with one attached hydrogen (secondary N) is 1. The molecule has 3 heterocycles. The fourth-order valence-corrected chi connectivity index (χ4v) is 3.38. The molecule has 0 spiro atoms. The predicted molar refractivity (Wildman–Crippen MR) is 78.7 cm³/mol. The van der Waals surface area contributed by atoms with Crippen LogP contribution >= 0.6 is 0 Å². The molecule has 98 valence electrons. The van der Waals surface area contributed by atoms with Crippen LogP contribution in [-0.4, -0.2) is 30.7 Å². The van der Waals surface area contributed by atoms with Crippen LogP contribution in [0.5, 0.6) is 0 Å². The monoisotopic (exact) mass is 253 g/mol. The molecule has 1 N–H and O–H groups in total. The lowest BCUT2D eigenvalue weighted by Gasteiger charge is -2.33. The number of rotatable bonds is 1. The van der Waals surface area contributed by atoms with E-state index in [1.54, 1.807) is 0 Å². The standard InChI is InChI=1S/C16H19N3/c1-2-6-15-12(4-1)10-13-7-9-19(16(13)18-15)14-5-3-8-17-11-14/h1-2,4,6,10,14,17H,3,5,7-9,11H2. The Morgan fingerprint density at radius 2 is 2.21 bits per heavy atom. The number of benzene rings is 1. The van der Waals surface area contributed by atoms with E-state index in [0.29, 0.717) is 6.04 Å². The van der Waals surface area contributed by atoms with Crippen molar-refractivity contribution in [3.05, 3.63) is 35.9 Å². The van der Waals surface area contributed by atoms with E-state index in [-0.39, 0.29) is 0 Å². The largest absolute Gasteiger partial charge is 0.352 e. The van der Waals surface area contributed by atoms with Crippen LogP contribution < -0.4 is 10.2 Å². The van der Waals surface area contributed by atoms with Crippen molar-refractivity contribution in [3.8, 4) is 0 Å². The van der Waals surface area contributed by atoms with Gasteiger partial charge < -0.3 is 10.2 Å². The molecule has 1 atom stereocenters. The summed E-state index contributed by atoms with van der Waals surface area (Å²) in [6, 6.07) is 11.4. The Balaban J connectivity index is 1.74. The molecule has 3 heteroatoms. The number of para-hydroxylation sites is 1. The minimum absolute atomic E-state index is 0.628. The maximum absolute atomic E-state index is 4.91. The van der Waals surface area contributed by atoms with Crippen LogP contribution in [0.1, 0.15) is 18.4 Å². The van der Waals surface area contributed by atoms with Crippen LogP contribution in [0, 0.1) is 0 Å². The molecule has 2 aliphatic rings. The van der Waals surface area contributed by atoms with Gasteiger partial charge in [-0.2, -0.15) is 0 Å². The van der Waals surface area contributed by atoms with E-state index in [4.69, 9.17) is 4.98 Å². The first-order valence-corrected chi connectivity index (χ1v) is 7.28. The van der Waals surface area contributed by atoms with Gasteiger partial charge in [-0.15, -0.1) is 0 Å². The number of pyridine rings is 1. The van der Waals surface area contributed by atoms with Crippen LogP contribution in [0.15, 0.2) is 30.3 Å². The van der Waals surface area contributed by atoms with Gasteiger partial charge >= 0.3 is 0 Å². The number of piperidine rings is 1. The van der Waals surface area contributed by atoms with Gasteiger partial charge in [0.05, 0.1) is 5.52 Å². The Hall–Kier alpha value is -1.61. The summed E-state index contributed by atoms with van der Waals surface area (Å²) in [6.45, 7) is 3.40.